The maximum atomic E-state index is 12.0. The van der Waals surface area contributed by atoms with E-state index in [-0.39, 0.29) is 30.3 Å². The van der Waals surface area contributed by atoms with E-state index >= 15 is 0 Å². The van der Waals surface area contributed by atoms with Crippen molar-refractivity contribution in [3.05, 3.63) is 24.3 Å². The number of carbonyl (C=O) groups excluding carboxylic acids is 2. The number of primary amides is 1. The van der Waals surface area contributed by atoms with Gasteiger partial charge in [-0.3, -0.25) is 4.79 Å². The van der Waals surface area contributed by atoms with Gasteiger partial charge in [-0.25, -0.2) is 4.79 Å². The molecule has 2 unspecified atom stereocenters. The summed E-state index contributed by atoms with van der Waals surface area (Å²) in [5.74, 6) is 0.252. The Hall–Kier alpha value is -1.79. The summed E-state index contributed by atoms with van der Waals surface area (Å²) in [5.41, 5.74) is 12.4. The molecule has 122 valence electrons. The molecule has 0 aromatic heterocycles. The molecular weight excluding hydrogens is 304 g/mol. The molecule has 0 bridgehead atoms. The van der Waals surface area contributed by atoms with Gasteiger partial charge in [0.05, 0.1) is 0 Å². The summed E-state index contributed by atoms with van der Waals surface area (Å²) in [6, 6.07) is 6.35. The largest absolute Gasteiger partial charge is 0.351 e. The molecule has 1 fully saturated rings. The van der Waals surface area contributed by atoms with Gasteiger partial charge in [0.2, 0.25) is 5.91 Å². The fourth-order valence-corrected chi connectivity index (χ4v) is 2.72. The van der Waals surface area contributed by atoms with Crippen molar-refractivity contribution in [2.24, 2.45) is 17.4 Å². The number of nitrogens with two attached hydrogens (primary N) is 2. The highest BCUT2D eigenvalue weighted by atomic mass is 35.5. The van der Waals surface area contributed by atoms with E-state index in [0.29, 0.717) is 17.8 Å². The molecule has 0 heterocycles. The number of amides is 3. The number of hydrogen-bond donors (Lipinski definition) is 4. The minimum Gasteiger partial charge on any atom is -0.351 e. The fraction of sp³-hybridized carbons (Fsp3) is 0.467. The molecule has 2 atom stereocenters. The summed E-state index contributed by atoms with van der Waals surface area (Å²) in [6.45, 7) is 0. The molecule has 1 aromatic carbocycles. The zero-order valence-corrected chi connectivity index (χ0v) is 13.2. The first-order chi connectivity index (χ1) is 10.0. The molecule has 3 amide bonds. The second kappa shape index (κ2) is 8.60. The molecule has 6 nitrogen and oxygen atoms in total. The van der Waals surface area contributed by atoms with Crippen LogP contribution in [0.25, 0.3) is 0 Å². The van der Waals surface area contributed by atoms with Gasteiger partial charge in [-0.2, -0.15) is 0 Å². The number of carbonyl (C=O) groups is 2. The summed E-state index contributed by atoms with van der Waals surface area (Å²) < 4.78 is 0. The molecule has 1 saturated carbocycles. The average molecular weight is 327 g/mol. The lowest BCUT2D eigenvalue weighted by molar-refractivity contribution is -0.117. The zero-order chi connectivity index (χ0) is 15.2. The number of benzene rings is 1. The standard InChI is InChI=1S/C15H22N4O2.ClH/c16-13-4-2-1-3-10(13)9-14(20)18-11-5-7-12(8-6-11)19-15(17)21;/h5-8,10,13H,1-4,9,16H2,(H,18,20)(H3,17,19,21);1H. The molecule has 0 spiro atoms. The molecule has 0 aliphatic heterocycles. The average Bonchev–Trinajstić information content (AvgIpc) is 2.43. The van der Waals surface area contributed by atoms with Gasteiger partial charge < -0.3 is 22.1 Å². The van der Waals surface area contributed by atoms with Crippen molar-refractivity contribution in [3.63, 3.8) is 0 Å². The van der Waals surface area contributed by atoms with Crippen LogP contribution < -0.4 is 22.1 Å². The Morgan fingerprint density at radius 2 is 1.59 bits per heavy atom. The molecule has 1 aromatic rings. The van der Waals surface area contributed by atoms with Crippen LogP contribution in [0.5, 0.6) is 0 Å². The molecule has 6 N–H and O–H groups in total. The van der Waals surface area contributed by atoms with E-state index < -0.39 is 6.03 Å². The van der Waals surface area contributed by atoms with Gasteiger partial charge in [0.25, 0.3) is 0 Å². The van der Waals surface area contributed by atoms with E-state index in [1.165, 1.54) is 0 Å². The normalized spacial score (nSPS) is 20.6. The predicted octanol–water partition coefficient (Wildman–Crippen LogP) is 2.45. The van der Waals surface area contributed by atoms with Gasteiger partial charge >= 0.3 is 6.03 Å². The van der Waals surface area contributed by atoms with E-state index in [4.69, 9.17) is 11.5 Å². The van der Waals surface area contributed by atoms with Crippen LogP contribution in [0.15, 0.2) is 24.3 Å². The van der Waals surface area contributed by atoms with Gasteiger partial charge in [-0.05, 0) is 43.0 Å². The molecular formula is C15H23ClN4O2. The van der Waals surface area contributed by atoms with Crippen LogP contribution in [-0.2, 0) is 4.79 Å². The van der Waals surface area contributed by atoms with E-state index in [9.17, 15) is 9.59 Å². The highest BCUT2D eigenvalue weighted by Gasteiger charge is 2.24. The van der Waals surface area contributed by atoms with Crippen molar-refractivity contribution < 1.29 is 9.59 Å². The zero-order valence-electron chi connectivity index (χ0n) is 12.4. The number of halogens is 1. The lowest BCUT2D eigenvalue weighted by Gasteiger charge is -2.27. The van der Waals surface area contributed by atoms with Crippen LogP contribution in [0.1, 0.15) is 32.1 Å². The van der Waals surface area contributed by atoms with Crippen LogP contribution in [0, 0.1) is 5.92 Å². The summed E-state index contributed by atoms with van der Waals surface area (Å²) >= 11 is 0. The molecule has 1 aliphatic rings. The SMILES string of the molecule is Cl.NC(=O)Nc1ccc(NC(=O)CC2CCCCC2N)cc1. The quantitative estimate of drug-likeness (QED) is 0.682. The Labute approximate surface area is 136 Å². The van der Waals surface area contributed by atoms with E-state index in [1.807, 2.05) is 0 Å². The highest BCUT2D eigenvalue weighted by molar-refractivity contribution is 5.92. The van der Waals surface area contributed by atoms with Crippen molar-refractivity contribution >= 4 is 35.7 Å². The van der Waals surface area contributed by atoms with Gasteiger partial charge in [0, 0.05) is 23.8 Å². The number of rotatable bonds is 4. The fourth-order valence-electron chi connectivity index (χ4n) is 2.72. The Morgan fingerprint density at radius 1 is 1.05 bits per heavy atom. The Bertz CT molecular complexity index is 507. The lowest BCUT2D eigenvalue weighted by atomic mass is 9.83. The third-order valence-electron chi connectivity index (χ3n) is 3.85. The van der Waals surface area contributed by atoms with Gasteiger partial charge in [0.1, 0.15) is 0 Å². The van der Waals surface area contributed by atoms with Crippen molar-refractivity contribution in [2.45, 2.75) is 38.1 Å². The minimum atomic E-state index is -0.613. The van der Waals surface area contributed by atoms with E-state index in [0.717, 1.165) is 25.7 Å². The third kappa shape index (κ3) is 5.54. The van der Waals surface area contributed by atoms with Gasteiger partial charge in [-0.1, -0.05) is 12.8 Å². The summed E-state index contributed by atoms with van der Waals surface area (Å²) in [5, 5.41) is 5.32. The third-order valence-corrected chi connectivity index (χ3v) is 3.85. The van der Waals surface area contributed by atoms with Crippen molar-refractivity contribution in [3.8, 4) is 0 Å². The molecule has 1 aliphatic carbocycles. The first kappa shape index (κ1) is 18.3. The smallest absolute Gasteiger partial charge is 0.316 e. The maximum absolute atomic E-state index is 12.0. The van der Waals surface area contributed by atoms with Gasteiger partial charge in [-0.15, -0.1) is 12.4 Å². The topological polar surface area (TPSA) is 110 Å². The van der Waals surface area contributed by atoms with Crippen molar-refractivity contribution in [2.75, 3.05) is 10.6 Å². The summed E-state index contributed by atoms with van der Waals surface area (Å²) in [7, 11) is 0. The van der Waals surface area contributed by atoms with Crippen molar-refractivity contribution in [1.29, 1.82) is 0 Å². The Morgan fingerprint density at radius 3 is 2.14 bits per heavy atom. The van der Waals surface area contributed by atoms with Crippen molar-refractivity contribution in [1.82, 2.24) is 0 Å². The van der Waals surface area contributed by atoms with Crippen LogP contribution in [0.2, 0.25) is 0 Å². The lowest BCUT2D eigenvalue weighted by Crippen LogP contribution is -2.35. The van der Waals surface area contributed by atoms with Crippen LogP contribution in [0.3, 0.4) is 0 Å². The highest BCUT2D eigenvalue weighted by Crippen LogP contribution is 2.26. The molecule has 0 radical (unpaired) electrons. The molecule has 2 rings (SSSR count). The van der Waals surface area contributed by atoms with E-state index in [2.05, 4.69) is 10.6 Å². The van der Waals surface area contributed by atoms with Crippen LogP contribution in [-0.4, -0.2) is 18.0 Å². The molecule has 22 heavy (non-hydrogen) atoms. The monoisotopic (exact) mass is 326 g/mol. The minimum absolute atomic E-state index is 0. The number of anilines is 2. The number of nitrogens with one attached hydrogen (secondary N) is 2. The predicted molar refractivity (Wildman–Crippen MR) is 90.1 cm³/mol. The Balaban J connectivity index is 0.00000242. The second-order valence-corrected chi connectivity index (χ2v) is 5.53. The number of hydrogen-bond acceptors (Lipinski definition) is 3. The van der Waals surface area contributed by atoms with Crippen LogP contribution >= 0.6 is 12.4 Å². The first-order valence-electron chi connectivity index (χ1n) is 7.26. The van der Waals surface area contributed by atoms with Gasteiger partial charge in [0.15, 0.2) is 0 Å². The van der Waals surface area contributed by atoms with Crippen LogP contribution in [0.4, 0.5) is 16.2 Å². The second-order valence-electron chi connectivity index (χ2n) is 5.53. The molecule has 7 heteroatoms. The maximum Gasteiger partial charge on any atom is 0.316 e. The van der Waals surface area contributed by atoms with E-state index in [1.54, 1.807) is 24.3 Å². The Kier molecular flexibility index (Phi) is 7.14. The summed E-state index contributed by atoms with van der Waals surface area (Å²) in [6.07, 6.45) is 4.80. The first-order valence-corrected chi connectivity index (χ1v) is 7.26. The number of urea groups is 1. The molecule has 0 saturated heterocycles. The summed E-state index contributed by atoms with van der Waals surface area (Å²) in [4.78, 5) is 22.7.